The van der Waals surface area contributed by atoms with E-state index in [0.717, 1.165) is 0 Å². The van der Waals surface area contributed by atoms with Crippen LogP contribution in [0.3, 0.4) is 0 Å². The number of aromatic nitrogens is 2. The molecule has 92 valence electrons. The van der Waals surface area contributed by atoms with Gasteiger partial charge in [0, 0.05) is 34.7 Å². The van der Waals surface area contributed by atoms with Crippen LogP contribution >= 0.6 is 34.2 Å². The van der Waals surface area contributed by atoms with E-state index in [1.807, 2.05) is 22.6 Å². The summed E-state index contributed by atoms with van der Waals surface area (Å²) in [6, 6.07) is 7.24. The summed E-state index contributed by atoms with van der Waals surface area (Å²) in [5, 5.41) is 10.9. The molecule has 2 rings (SSSR count). The number of halogens is 2. The molecule has 0 saturated heterocycles. The van der Waals surface area contributed by atoms with Crippen molar-refractivity contribution in [1.29, 1.82) is 0 Å². The second-order valence-corrected chi connectivity index (χ2v) is 4.51. The van der Waals surface area contributed by atoms with E-state index in [1.54, 1.807) is 6.07 Å². The lowest BCUT2D eigenvalue weighted by molar-refractivity contribution is -0.384. The molecule has 0 N–H and O–H groups in total. The van der Waals surface area contributed by atoms with Crippen LogP contribution in [0, 0.1) is 13.9 Å². The van der Waals surface area contributed by atoms with Gasteiger partial charge in [0.15, 0.2) is 3.83 Å². The minimum absolute atomic E-state index is 0.0534. The zero-order valence-electron chi connectivity index (χ0n) is 8.71. The van der Waals surface area contributed by atoms with Crippen molar-refractivity contribution in [2.45, 2.75) is 0 Å². The Labute approximate surface area is 120 Å². The Morgan fingerprint density at radius 3 is 2.78 bits per heavy atom. The quantitative estimate of drug-likeness (QED) is 0.269. The molecule has 2 aromatic rings. The summed E-state index contributed by atoms with van der Waals surface area (Å²) in [7, 11) is 0. The van der Waals surface area contributed by atoms with E-state index >= 15 is 0 Å². The van der Waals surface area contributed by atoms with Crippen molar-refractivity contribution in [3.63, 3.8) is 0 Å². The van der Waals surface area contributed by atoms with Crippen LogP contribution in [-0.2, 0) is 0 Å². The first-order chi connectivity index (χ1) is 8.54. The number of nitrogens with zero attached hydrogens (tertiary/aromatic N) is 3. The molecule has 0 aliphatic carbocycles. The van der Waals surface area contributed by atoms with Gasteiger partial charge in [-0.25, -0.2) is 4.98 Å². The maximum atomic E-state index is 10.6. The molecule has 0 unspecified atom stereocenters. The lowest BCUT2D eigenvalue weighted by Gasteiger charge is -2.04. The van der Waals surface area contributed by atoms with Crippen LogP contribution in [0.15, 0.2) is 30.3 Å². The van der Waals surface area contributed by atoms with Gasteiger partial charge in [-0.2, -0.15) is 4.98 Å². The second kappa shape index (κ2) is 5.44. The number of hydrogen-bond donors (Lipinski definition) is 0. The highest BCUT2D eigenvalue weighted by Crippen LogP contribution is 2.25. The maximum absolute atomic E-state index is 10.6. The zero-order chi connectivity index (χ0) is 13.1. The Kier molecular flexibility index (Phi) is 3.92. The minimum Gasteiger partial charge on any atom is -0.439 e. The predicted octanol–water partition coefficient (Wildman–Crippen LogP) is 3.44. The van der Waals surface area contributed by atoms with Crippen molar-refractivity contribution in [1.82, 2.24) is 9.97 Å². The lowest BCUT2D eigenvalue weighted by Crippen LogP contribution is -1.94. The SMILES string of the molecule is O=[N+]([O-])c1cccc(Oc2cc(Cl)nc(I)n2)c1. The second-order valence-electron chi connectivity index (χ2n) is 3.15. The number of non-ortho nitro benzene ring substituents is 1. The average Bonchev–Trinajstić information content (AvgIpc) is 2.27. The Bertz CT molecular complexity index is 588. The van der Waals surface area contributed by atoms with Crippen molar-refractivity contribution >= 4 is 39.9 Å². The van der Waals surface area contributed by atoms with Gasteiger partial charge in [0.2, 0.25) is 5.88 Å². The fraction of sp³-hybridized carbons (Fsp3) is 0. The van der Waals surface area contributed by atoms with Crippen LogP contribution in [0.25, 0.3) is 0 Å². The van der Waals surface area contributed by atoms with Gasteiger partial charge in [-0.15, -0.1) is 0 Å². The molecule has 0 radical (unpaired) electrons. The number of hydrogen-bond acceptors (Lipinski definition) is 5. The molecule has 1 aromatic carbocycles. The standard InChI is InChI=1S/C10H5ClIN3O3/c11-8-5-9(14-10(12)13-8)18-7-3-1-2-6(4-7)15(16)17/h1-5H. The molecule has 1 heterocycles. The van der Waals surface area contributed by atoms with Crippen molar-refractivity contribution < 1.29 is 9.66 Å². The molecule has 18 heavy (non-hydrogen) atoms. The van der Waals surface area contributed by atoms with Gasteiger partial charge in [0.1, 0.15) is 10.9 Å². The number of rotatable bonds is 3. The Balaban J connectivity index is 2.28. The monoisotopic (exact) mass is 377 g/mol. The molecule has 0 amide bonds. The van der Waals surface area contributed by atoms with E-state index < -0.39 is 4.92 Å². The van der Waals surface area contributed by atoms with E-state index in [4.69, 9.17) is 16.3 Å². The van der Waals surface area contributed by atoms with Crippen LogP contribution in [0.1, 0.15) is 0 Å². The van der Waals surface area contributed by atoms with Gasteiger partial charge in [-0.1, -0.05) is 17.7 Å². The van der Waals surface area contributed by atoms with E-state index in [-0.39, 0.29) is 16.7 Å². The van der Waals surface area contributed by atoms with E-state index in [1.165, 1.54) is 24.3 Å². The third kappa shape index (κ3) is 3.26. The van der Waals surface area contributed by atoms with Gasteiger partial charge in [-0.05, 0) is 6.07 Å². The molecule has 0 atom stereocenters. The third-order valence-corrected chi connectivity index (χ3v) is 2.57. The van der Waals surface area contributed by atoms with Crippen molar-refractivity contribution in [3.8, 4) is 11.6 Å². The molecule has 8 heteroatoms. The molecule has 6 nitrogen and oxygen atoms in total. The summed E-state index contributed by atoms with van der Waals surface area (Å²) in [4.78, 5) is 18.0. The van der Waals surface area contributed by atoms with Crippen molar-refractivity contribution in [3.05, 3.63) is 49.4 Å². The van der Waals surface area contributed by atoms with Crippen molar-refractivity contribution in [2.24, 2.45) is 0 Å². The first kappa shape index (κ1) is 13.0. The maximum Gasteiger partial charge on any atom is 0.273 e. The van der Waals surface area contributed by atoms with Gasteiger partial charge in [0.05, 0.1) is 11.0 Å². The molecular formula is C10H5ClIN3O3. The van der Waals surface area contributed by atoms with Crippen LogP contribution in [0.2, 0.25) is 5.15 Å². The van der Waals surface area contributed by atoms with E-state index in [2.05, 4.69) is 9.97 Å². The average molecular weight is 378 g/mol. The highest BCUT2D eigenvalue weighted by atomic mass is 127. The van der Waals surface area contributed by atoms with Crippen molar-refractivity contribution in [2.75, 3.05) is 0 Å². The van der Waals surface area contributed by atoms with Crippen LogP contribution < -0.4 is 4.74 Å². The van der Waals surface area contributed by atoms with Crippen LogP contribution in [0.5, 0.6) is 11.6 Å². The predicted molar refractivity (Wildman–Crippen MR) is 72.9 cm³/mol. The summed E-state index contributed by atoms with van der Waals surface area (Å²) in [6.45, 7) is 0. The summed E-state index contributed by atoms with van der Waals surface area (Å²) >= 11 is 7.65. The first-order valence-corrected chi connectivity index (χ1v) is 6.12. The Morgan fingerprint density at radius 2 is 2.11 bits per heavy atom. The molecule has 0 fully saturated rings. The topological polar surface area (TPSA) is 78.2 Å². The molecule has 0 aliphatic rings. The molecule has 0 saturated carbocycles. The summed E-state index contributed by atoms with van der Waals surface area (Å²) in [5.74, 6) is 0.551. The fourth-order valence-corrected chi connectivity index (χ4v) is 2.02. The third-order valence-electron chi connectivity index (χ3n) is 1.89. The minimum atomic E-state index is -0.496. The lowest BCUT2D eigenvalue weighted by atomic mass is 10.3. The summed E-state index contributed by atoms with van der Waals surface area (Å²) in [6.07, 6.45) is 0. The molecule has 0 bridgehead atoms. The van der Waals surface area contributed by atoms with E-state index in [0.29, 0.717) is 9.58 Å². The largest absolute Gasteiger partial charge is 0.439 e. The highest BCUT2D eigenvalue weighted by Gasteiger charge is 2.08. The summed E-state index contributed by atoms with van der Waals surface area (Å²) in [5.41, 5.74) is -0.0534. The van der Waals surface area contributed by atoms with E-state index in [9.17, 15) is 10.1 Å². The van der Waals surface area contributed by atoms with Gasteiger partial charge in [-0.3, -0.25) is 10.1 Å². The number of nitro benzene ring substituents is 1. The number of nitro groups is 1. The summed E-state index contributed by atoms with van der Waals surface area (Å²) < 4.78 is 5.82. The zero-order valence-corrected chi connectivity index (χ0v) is 11.6. The molecule has 0 aliphatic heterocycles. The number of ether oxygens (including phenoxy) is 1. The van der Waals surface area contributed by atoms with Crippen LogP contribution in [-0.4, -0.2) is 14.9 Å². The number of benzene rings is 1. The molecule has 0 spiro atoms. The van der Waals surface area contributed by atoms with Gasteiger partial charge < -0.3 is 4.74 Å². The highest BCUT2D eigenvalue weighted by molar-refractivity contribution is 14.1. The van der Waals surface area contributed by atoms with Gasteiger partial charge in [0.25, 0.3) is 5.69 Å². The normalized spacial score (nSPS) is 10.1. The van der Waals surface area contributed by atoms with Gasteiger partial charge >= 0.3 is 0 Å². The smallest absolute Gasteiger partial charge is 0.273 e. The molecule has 1 aromatic heterocycles. The Morgan fingerprint density at radius 1 is 1.33 bits per heavy atom. The molecular weight excluding hydrogens is 372 g/mol. The van der Waals surface area contributed by atoms with Crippen LogP contribution in [0.4, 0.5) is 5.69 Å². The fourth-order valence-electron chi connectivity index (χ4n) is 1.20. The first-order valence-electron chi connectivity index (χ1n) is 4.67. The Hall–Kier alpha value is -1.48.